The van der Waals surface area contributed by atoms with Crippen LogP contribution in [0.1, 0.15) is 38.5 Å². The van der Waals surface area contributed by atoms with Crippen LogP contribution in [0.25, 0.3) is 11.5 Å². The van der Waals surface area contributed by atoms with Gasteiger partial charge in [0.05, 0.1) is 11.8 Å². The van der Waals surface area contributed by atoms with Crippen molar-refractivity contribution in [1.29, 1.82) is 0 Å². The highest BCUT2D eigenvalue weighted by atomic mass is 16.3. The molecular formula is C16H25N3O2. The van der Waals surface area contributed by atoms with Gasteiger partial charge in [-0.15, -0.1) is 0 Å². The summed E-state index contributed by atoms with van der Waals surface area (Å²) >= 11 is 0. The number of hydrogen-bond acceptors (Lipinski definition) is 4. The fourth-order valence-electron chi connectivity index (χ4n) is 2.65. The number of H-pyrrole nitrogens is 1. The van der Waals surface area contributed by atoms with Crippen LogP contribution in [0.2, 0.25) is 0 Å². The highest BCUT2D eigenvalue weighted by Gasteiger charge is 2.21. The normalized spacial score (nSPS) is 14.6. The third kappa shape index (κ3) is 4.44. The molecule has 0 fully saturated rings. The lowest BCUT2D eigenvalue weighted by molar-refractivity contribution is 0.0383. The first-order valence-corrected chi connectivity index (χ1v) is 7.39. The van der Waals surface area contributed by atoms with Gasteiger partial charge in [-0.25, -0.2) is 0 Å². The van der Waals surface area contributed by atoms with E-state index in [1.165, 1.54) is 0 Å². The Bertz CT molecular complexity index is 570. The quantitative estimate of drug-likeness (QED) is 0.733. The van der Waals surface area contributed by atoms with Gasteiger partial charge in [0.2, 0.25) is 0 Å². The molecule has 21 heavy (non-hydrogen) atoms. The summed E-state index contributed by atoms with van der Waals surface area (Å²) in [6.45, 7) is 9.20. The first-order chi connectivity index (χ1) is 9.87. The van der Waals surface area contributed by atoms with E-state index in [-0.39, 0.29) is 0 Å². The average Bonchev–Trinajstić information content (AvgIpc) is 2.95. The van der Waals surface area contributed by atoms with Gasteiger partial charge < -0.3 is 14.8 Å². The van der Waals surface area contributed by atoms with E-state index in [0.717, 1.165) is 29.2 Å². The van der Waals surface area contributed by atoms with Crippen LogP contribution in [0.5, 0.6) is 0 Å². The highest BCUT2D eigenvalue weighted by Crippen LogP contribution is 2.23. The summed E-state index contributed by atoms with van der Waals surface area (Å²) in [5.41, 5.74) is 1.23. The van der Waals surface area contributed by atoms with Crippen LogP contribution in [0.3, 0.4) is 0 Å². The molecule has 5 heteroatoms. The predicted molar refractivity (Wildman–Crippen MR) is 82.8 cm³/mol. The second-order valence-corrected chi connectivity index (χ2v) is 6.38. The van der Waals surface area contributed by atoms with Crippen LogP contribution >= 0.6 is 0 Å². The Morgan fingerprint density at radius 2 is 2.19 bits per heavy atom. The summed E-state index contributed by atoms with van der Waals surface area (Å²) in [7, 11) is 0. The molecule has 1 atom stereocenters. The van der Waals surface area contributed by atoms with Crippen LogP contribution in [0, 0.1) is 12.8 Å². The van der Waals surface area contributed by atoms with Crippen molar-refractivity contribution >= 4 is 0 Å². The molecule has 2 heterocycles. The lowest BCUT2D eigenvalue weighted by Crippen LogP contribution is -2.38. The molecule has 0 bridgehead atoms. The summed E-state index contributed by atoms with van der Waals surface area (Å²) < 4.78 is 5.62. The van der Waals surface area contributed by atoms with Crippen LogP contribution in [0.4, 0.5) is 0 Å². The number of aromatic nitrogens is 2. The number of hydrogen-bond donors (Lipinski definition) is 3. The maximum Gasteiger partial charge on any atom is 0.152 e. The molecule has 0 radical (unpaired) electrons. The molecule has 116 valence electrons. The smallest absolute Gasteiger partial charge is 0.152 e. The second-order valence-electron chi connectivity index (χ2n) is 6.38. The first-order valence-electron chi connectivity index (χ1n) is 7.39. The summed E-state index contributed by atoms with van der Waals surface area (Å²) in [5, 5.41) is 20.7. The fraction of sp³-hybridized carbons (Fsp3) is 0.562. The van der Waals surface area contributed by atoms with Gasteiger partial charge in [0.1, 0.15) is 11.5 Å². The van der Waals surface area contributed by atoms with Gasteiger partial charge in [0.15, 0.2) is 5.76 Å². The van der Waals surface area contributed by atoms with Crippen molar-refractivity contribution in [3.63, 3.8) is 0 Å². The molecule has 2 aromatic rings. The third-order valence-corrected chi connectivity index (χ3v) is 3.37. The fourth-order valence-corrected chi connectivity index (χ4v) is 2.65. The first kappa shape index (κ1) is 15.8. The van der Waals surface area contributed by atoms with Gasteiger partial charge in [0.25, 0.3) is 0 Å². The number of nitrogens with zero attached hydrogens (tertiary/aromatic N) is 1. The lowest BCUT2D eigenvalue weighted by atomic mass is 9.94. The Labute approximate surface area is 125 Å². The molecule has 0 saturated carbocycles. The lowest BCUT2D eigenvalue weighted by Gasteiger charge is -2.25. The standard InChI is InChI=1S/C16H25N3O2/c1-11(2)7-16(4,20)10-17-8-13-9-18-19-15(13)14-6-5-12(3)21-14/h5-6,9,11,17,20H,7-8,10H2,1-4H3,(H,18,19). The van der Waals surface area contributed by atoms with Gasteiger partial charge in [-0.05, 0) is 38.3 Å². The van der Waals surface area contributed by atoms with Gasteiger partial charge in [-0.2, -0.15) is 5.10 Å². The molecule has 0 spiro atoms. The Balaban J connectivity index is 1.94. The molecule has 0 aliphatic rings. The molecule has 0 amide bonds. The van der Waals surface area contributed by atoms with Gasteiger partial charge in [-0.1, -0.05) is 13.8 Å². The van der Waals surface area contributed by atoms with E-state index in [9.17, 15) is 5.11 Å². The second kappa shape index (κ2) is 6.45. The number of aromatic amines is 1. The zero-order valence-corrected chi connectivity index (χ0v) is 13.2. The van der Waals surface area contributed by atoms with Crippen LogP contribution in [-0.4, -0.2) is 27.4 Å². The van der Waals surface area contributed by atoms with Crippen molar-refractivity contribution in [3.05, 3.63) is 29.7 Å². The van der Waals surface area contributed by atoms with Crippen molar-refractivity contribution in [3.8, 4) is 11.5 Å². The van der Waals surface area contributed by atoms with Crippen LogP contribution in [0.15, 0.2) is 22.7 Å². The molecule has 0 aliphatic heterocycles. The Hall–Kier alpha value is -1.59. The summed E-state index contributed by atoms with van der Waals surface area (Å²) in [5.74, 6) is 2.13. The minimum atomic E-state index is -0.695. The van der Waals surface area contributed by atoms with Gasteiger partial charge >= 0.3 is 0 Å². The molecule has 2 aromatic heterocycles. The Kier molecular flexibility index (Phi) is 4.85. The van der Waals surface area contributed by atoms with Crippen molar-refractivity contribution in [2.75, 3.05) is 6.54 Å². The zero-order valence-electron chi connectivity index (χ0n) is 13.2. The summed E-state index contributed by atoms with van der Waals surface area (Å²) in [4.78, 5) is 0. The van der Waals surface area contributed by atoms with E-state index >= 15 is 0 Å². The molecule has 0 aliphatic carbocycles. The number of nitrogens with one attached hydrogen (secondary N) is 2. The number of rotatable bonds is 7. The topological polar surface area (TPSA) is 74.1 Å². The number of aryl methyl sites for hydroxylation is 1. The Morgan fingerprint density at radius 3 is 2.81 bits per heavy atom. The molecular weight excluding hydrogens is 266 g/mol. The van der Waals surface area contributed by atoms with Crippen molar-refractivity contribution in [2.45, 2.75) is 46.3 Å². The summed E-state index contributed by atoms with van der Waals surface area (Å²) in [6, 6.07) is 3.86. The third-order valence-electron chi connectivity index (χ3n) is 3.37. The maximum atomic E-state index is 10.3. The van der Waals surface area contributed by atoms with Crippen molar-refractivity contribution in [1.82, 2.24) is 15.5 Å². The van der Waals surface area contributed by atoms with E-state index in [1.54, 1.807) is 6.20 Å². The SMILES string of the molecule is Cc1ccc(-c2[nH]ncc2CNCC(C)(O)CC(C)C)o1. The molecule has 5 nitrogen and oxygen atoms in total. The van der Waals surface area contributed by atoms with E-state index in [1.807, 2.05) is 26.0 Å². The van der Waals surface area contributed by atoms with Crippen molar-refractivity contribution in [2.24, 2.45) is 5.92 Å². The van der Waals surface area contributed by atoms with Crippen LogP contribution in [-0.2, 0) is 6.54 Å². The summed E-state index contributed by atoms with van der Waals surface area (Å²) in [6.07, 6.45) is 2.56. The zero-order chi connectivity index (χ0) is 15.5. The number of furan rings is 1. The molecule has 2 rings (SSSR count). The number of aliphatic hydroxyl groups is 1. The molecule has 0 saturated heterocycles. The average molecular weight is 291 g/mol. The molecule has 1 unspecified atom stereocenters. The minimum Gasteiger partial charge on any atom is -0.460 e. The van der Waals surface area contributed by atoms with E-state index in [0.29, 0.717) is 19.0 Å². The predicted octanol–water partition coefficient (Wildman–Crippen LogP) is 2.86. The largest absolute Gasteiger partial charge is 0.460 e. The van der Waals surface area contributed by atoms with Gasteiger partial charge in [-0.3, -0.25) is 5.10 Å². The van der Waals surface area contributed by atoms with E-state index in [2.05, 4.69) is 29.4 Å². The van der Waals surface area contributed by atoms with E-state index < -0.39 is 5.60 Å². The highest BCUT2D eigenvalue weighted by molar-refractivity contribution is 5.56. The Morgan fingerprint density at radius 1 is 1.43 bits per heavy atom. The minimum absolute atomic E-state index is 0.470. The van der Waals surface area contributed by atoms with E-state index in [4.69, 9.17) is 4.42 Å². The molecule has 0 aromatic carbocycles. The monoisotopic (exact) mass is 291 g/mol. The van der Waals surface area contributed by atoms with Gasteiger partial charge in [0, 0.05) is 18.7 Å². The van der Waals surface area contributed by atoms with Crippen molar-refractivity contribution < 1.29 is 9.52 Å². The van der Waals surface area contributed by atoms with Crippen LogP contribution < -0.4 is 5.32 Å². The molecule has 3 N–H and O–H groups in total. The maximum absolute atomic E-state index is 10.3.